The van der Waals surface area contributed by atoms with Crippen molar-refractivity contribution in [1.82, 2.24) is 0 Å². The van der Waals surface area contributed by atoms with Gasteiger partial charge in [0.25, 0.3) is 0 Å². The molecule has 21 heavy (non-hydrogen) atoms. The highest BCUT2D eigenvalue weighted by molar-refractivity contribution is 6.30. The van der Waals surface area contributed by atoms with Crippen molar-refractivity contribution < 1.29 is 14.2 Å². The Labute approximate surface area is 130 Å². The monoisotopic (exact) mass is 315 g/mol. The molecule has 1 fully saturated rings. The zero-order valence-corrected chi connectivity index (χ0v) is 13.1. The Kier molecular flexibility index (Phi) is 6.27. The Bertz CT molecular complexity index is 458. The summed E-state index contributed by atoms with van der Waals surface area (Å²) >= 11 is 5.62. The SMILES string of the molecule is CC1CCCCC1OCC(O)CNc1ccc(Cl)c(F)c1. The largest absolute Gasteiger partial charge is 0.389 e. The number of halogens is 2. The molecule has 1 aromatic rings. The first-order valence-corrected chi connectivity index (χ1v) is 7.92. The number of benzene rings is 1. The molecule has 0 saturated heterocycles. The van der Waals surface area contributed by atoms with Gasteiger partial charge in [0.05, 0.1) is 23.8 Å². The van der Waals surface area contributed by atoms with Crippen LogP contribution < -0.4 is 5.32 Å². The molecule has 0 spiro atoms. The molecule has 0 radical (unpaired) electrons. The lowest BCUT2D eigenvalue weighted by atomic mass is 9.88. The van der Waals surface area contributed by atoms with E-state index in [1.165, 1.54) is 31.4 Å². The minimum atomic E-state index is -0.613. The van der Waals surface area contributed by atoms with Crippen LogP contribution in [-0.2, 0) is 4.74 Å². The molecule has 2 N–H and O–H groups in total. The second kappa shape index (κ2) is 7.97. The number of rotatable bonds is 6. The molecule has 1 aromatic carbocycles. The zero-order valence-electron chi connectivity index (χ0n) is 12.3. The molecule has 2 rings (SSSR count). The second-order valence-corrected chi connectivity index (χ2v) is 6.20. The van der Waals surface area contributed by atoms with Crippen LogP contribution in [0, 0.1) is 11.7 Å². The highest BCUT2D eigenvalue weighted by atomic mass is 35.5. The van der Waals surface area contributed by atoms with E-state index in [2.05, 4.69) is 12.2 Å². The predicted octanol–water partition coefficient (Wildman–Crippen LogP) is 3.85. The van der Waals surface area contributed by atoms with Gasteiger partial charge in [-0.15, -0.1) is 0 Å². The predicted molar refractivity (Wildman–Crippen MR) is 83.3 cm³/mol. The average molecular weight is 316 g/mol. The maximum absolute atomic E-state index is 13.3. The van der Waals surface area contributed by atoms with Crippen LogP contribution in [0.25, 0.3) is 0 Å². The normalized spacial score (nSPS) is 23.8. The molecule has 118 valence electrons. The summed E-state index contributed by atoms with van der Waals surface area (Å²) in [4.78, 5) is 0. The molecule has 0 bridgehead atoms. The van der Waals surface area contributed by atoms with Gasteiger partial charge in [-0.3, -0.25) is 0 Å². The molecule has 0 amide bonds. The van der Waals surface area contributed by atoms with Crippen LogP contribution in [0.3, 0.4) is 0 Å². The third-order valence-corrected chi connectivity index (χ3v) is 4.30. The van der Waals surface area contributed by atoms with Gasteiger partial charge in [-0.25, -0.2) is 4.39 Å². The van der Waals surface area contributed by atoms with Crippen molar-refractivity contribution in [3.05, 3.63) is 29.0 Å². The summed E-state index contributed by atoms with van der Waals surface area (Å²) in [6, 6.07) is 4.49. The summed E-state index contributed by atoms with van der Waals surface area (Å²) in [7, 11) is 0. The topological polar surface area (TPSA) is 41.5 Å². The van der Waals surface area contributed by atoms with Crippen LogP contribution >= 0.6 is 11.6 Å². The highest BCUT2D eigenvalue weighted by Gasteiger charge is 2.22. The van der Waals surface area contributed by atoms with E-state index in [9.17, 15) is 9.50 Å². The van der Waals surface area contributed by atoms with Gasteiger partial charge in [-0.1, -0.05) is 31.4 Å². The first-order chi connectivity index (χ1) is 10.1. The van der Waals surface area contributed by atoms with Crippen molar-refractivity contribution in [2.75, 3.05) is 18.5 Å². The van der Waals surface area contributed by atoms with Crippen molar-refractivity contribution in [3.8, 4) is 0 Å². The molecule has 1 aliphatic carbocycles. The van der Waals surface area contributed by atoms with E-state index in [0.29, 0.717) is 24.8 Å². The number of hydrogen-bond donors (Lipinski definition) is 2. The first-order valence-electron chi connectivity index (χ1n) is 7.55. The van der Waals surface area contributed by atoms with Gasteiger partial charge in [-0.05, 0) is 37.0 Å². The van der Waals surface area contributed by atoms with Crippen molar-refractivity contribution in [2.45, 2.75) is 44.8 Å². The minimum Gasteiger partial charge on any atom is -0.389 e. The fraction of sp³-hybridized carbons (Fsp3) is 0.625. The van der Waals surface area contributed by atoms with Crippen LogP contribution in [0.1, 0.15) is 32.6 Å². The first kappa shape index (κ1) is 16.5. The molecule has 3 atom stereocenters. The summed E-state index contributed by atoms with van der Waals surface area (Å²) in [5, 5.41) is 13.0. The van der Waals surface area contributed by atoms with E-state index in [1.54, 1.807) is 6.07 Å². The molecule has 1 aliphatic rings. The van der Waals surface area contributed by atoms with Crippen LogP contribution in [0.4, 0.5) is 10.1 Å². The lowest BCUT2D eigenvalue weighted by molar-refractivity contribution is -0.0424. The summed E-state index contributed by atoms with van der Waals surface area (Å²) in [5.41, 5.74) is 0.599. The summed E-state index contributed by atoms with van der Waals surface area (Å²) in [6.45, 7) is 2.82. The summed E-state index contributed by atoms with van der Waals surface area (Å²) in [6.07, 6.45) is 4.38. The smallest absolute Gasteiger partial charge is 0.143 e. The Morgan fingerprint density at radius 1 is 1.43 bits per heavy atom. The number of anilines is 1. The van der Waals surface area contributed by atoms with Crippen molar-refractivity contribution in [2.24, 2.45) is 5.92 Å². The minimum absolute atomic E-state index is 0.0933. The lowest BCUT2D eigenvalue weighted by Crippen LogP contribution is -2.32. The Morgan fingerprint density at radius 2 is 2.19 bits per heavy atom. The zero-order chi connectivity index (χ0) is 15.2. The van der Waals surface area contributed by atoms with Crippen molar-refractivity contribution in [1.29, 1.82) is 0 Å². The molecule has 0 aromatic heterocycles. The average Bonchev–Trinajstić information content (AvgIpc) is 2.47. The molecule has 3 nitrogen and oxygen atoms in total. The standard InChI is InChI=1S/C16H23ClFNO2/c1-11-4-2-3-5-16(11)21-10-13(20)9-19-12-6-7-14(17)15(18)8-12/h6-8,11,13,16,19-20H,2-5,9-10H2,1H3. The quantitative estimate of drug-likeness (QED) is 0.838. The van der Waals surface area contributed by atoms with Gasteiger partial charge in [0, 0.05) is 12.2 Å². The van der Waals surface area contributed by atoms with Gasteiger partial charge < -0.3 is 15.2 Å². The Hall–Kier alpha value is -0.840. The maximum Gasteiger partial charge on any atom is 0.143 e. The van der Waals surface area contributed by atoms with E-state index in [1.807, 2.05) is 0 Å². The van der Waals surface area contributed by atoms with Crippen molar-refractivity contribution in [3.63, 3.8) is 0 Å². The lowest BCUT2D eigenvalue weighted by Gasteiger charge is -2.29. The number of aliphatic hydroxyl groups is 1. The third kappa shape index (κ3) is 5.13. The van der Waals surface area contributed by atoms with E-state index >= 15 is 0 Å². The number of hydrogen-bond acceptors (Lipinski definition) is 3. The van der Waals surface area contributed by atoms with Gasteiger partial charge >= 0.3 is 0 Å². The van der Waals surface area contributed by atoms with Gasteiger partial charge in [-0.2, -0.15) is 0 Å². The molecular weight excluding hydrogens is 293 g/mol. The van der Waals surface area contributed by atoms with Crippen LogP contribution in [0.2, 0.25) is 5.02 Å². The molecule has 5 heteroatoms. The maximum atomic E-state index is 13.3. The highest BCUT2D eigenvalue weighted by Crippen LogP contribution is 2.26. The number of aliphatic hydroxyl groups excluding tert-OH is 1. The van der Waals surface area contributed by atoms with E-state index in [-0.39, 0.29) is 11.1 Å². The van der Waals surface area contributed by atoms with Crippen LogP contribution in [-0.4, -0.2) is 30.5 Å². The third-order valence-electron chi connectivity index (χ3n) is 4.00. The molecule has 0 aliphatic heterocycles. The Morgan fingerprint density at radius 3 is 2.90 bits per heavy atom. The fourth-order valence-electron chi connectivity index (χ4n) is 2.67. The number of ether oxygens (including phenoxy) is 1. The molecular formula is C16H23ClFNO2. The van der Waals surface area contributed by atoms with Crippen LogP contribution in [0.15, 0.2) is 18.2 Å². The number of nitrogens with one attached hydrogen (secondary N) is 1. The summed E-state index contributed by atoms with van der Waals surface area (Å²) in [5.74, 6) is 0.0905. The van der Waals surface area contributed by atoms with Crippen LogP contribution in [0.5, 0.6) is 0 Å². The molecule has 1 saturated carbocycles. The van der Waals surface area contributed by atoms with Gasteiger partial charge in [0.15, 0.2) is 0 Å². The van der Waals surface area contributed by atoms with E-state index in [4.69, 9.17) is 16.3 Å². The summed E-state index contributed by atoms with van der Waals surface area (Å²) < 4.78 is 19.1. The van der Waals surface area contributed by atoms with Gasteiger partial charge in [0.1, 0.15) is 5.82 Å². The van der Waals surface area contributed by atoms with E-state index in [0.717, 1.165) is 6.42 Å². The van der Waals surface area contributed by atoms with Crippen molar-refractivity contribution >= 4 is 17.3 Å². The molecule has 0 heterocycles. The van der Waals surface area contributed by atoms with E-state index < -0.39 is 11.9 Å². The molecule has 3 unspecified atom stereocenters. The second-order valence-electron chi connectivity index (χ2n) is 5.80. The Balaban J connectivity index is 1.71. The van der Waals surface area contributed by atoms with Gasteiger partial charge in [0.2, 0.25) is 0 Å². The fourth-order valence-corrected chi connectivity index (χ4v) is 2.78.